The number of fused-ring (bicyclic) bond motifs is 5. The number of rotatable bonds is 0. The van der Waals surface area contributed by atoms with E-state index in [1.165, 1.54) is 32.1 Å². The fraction of sp³-hybridized carbons (Fsp3) is 0.833. The second-order valence-electron chi connectivity index (χ2n) is 8.19. The maximum atomic E-state index is 12.3. The van der Waals surface area contributed by atoms with Crippen LogP contribution in [0.3, 0.4) is 0 Å². The molecule has 0 amide bonds. The number of hydrogen-bond donors (Lipinski definition) is 1. The second-order valence-corrected chi connectivity index (χ2v) is 8.19. The van der Waals surface area contributed by atoms with Crippen molar-refractivity contribution in [3.8, 4) is 0 Å². The van der Waals surface area contributed by atoms with Crippen molar-refractivity contribution in [3.05, 3.63) is 12.2 Å². The monoisotopic (exact) mass is 273 g/mol. The standard InChI is InChI=1S/C18H27NO/c1-17-9-4-3-5-15(17)19-11-12-13-6-7-16(20)18(13,2)10-8-14(12)17/h6-7,12-15,19H,3-5,8-11H2,1-2H3/t12-,13-,14-,15?,17+,18-/m0/s1. The summed E-state index contributed by atoms with van der Waals surface area (Å²) >= 11 is 0. The average molecular weight is 273 g/mol. The summed E-state index contributed by atoms with van der Waals surface area (Å²) in [6, 6.07) is 0.725. The van der Waals surface area contributed by atoms with Gasteiger partial charge in [-0.25, -0.2) is 0 Å². The van der Waals surface area contributed by atoms with E-state index in [1.54, 1.807) is 0 Å². The molecule has 1 heterocycles. The number of carbonyl (C=O) groups is 1. The molecule has 4 rings (SSSR count). The molecule has 2 saturated carbocycles. The van der Waals surface area contributed by atoms with Gasteiger partial charge in [-0.1, -0.05) is 32.8 Å². The summed E-state index contributed by atoms with van der Waals surface area (Å²) in [5.41, 5.74) is 0.392. The van der Waals surface area contributed by atoms with Crippen molar-refractivity contribution in [2.45, 2.75) is 58.4 Å². The summed E-state index contributed by atoms with van der Waals surface area (Å²) < 4.78 is 0. The summed E-state index contributed by atoms with van der Waals surface area (Å²) in [6.45, 7) is 5.87. The molecule has 1 aliphatic heterocycles. The quantitative estimate of drug-likeness (QED) is 0.733. The first-order valence-electron chi connectivity index (χ1n) is 8.52. The van der Waals surface area contributed by atoms with Gasteiger partial charge in [-0.2, -0.15) is 0 Å². The van der Waals surface area contributed by atoms with Gasteiger partial charge in [0.05, 0.1) is 0 Å². The van der Waals surface area contributed by atoms with Gasteiger partial charge in [-0.3, -0.25) is 4.79 Å². The van der Waals surface area contributed by atoms with Crippen LogP contribution in [0.2, 0.25) is 0 Å². The Hall–Kier alpha value is -0.630. The van der Waals surface area contributed by atoms with Gasteiger partial charge >= 0.3 is 0 Å². The molecule has 3 fully saturated rings. The molecule has 3 aliphatic carbocycles. The first-order chi connectivity index (χ1) is 9.56. The Morgan fingerprint density at radius 3 is 2.90 bits per heavy atom. The van der Waals surface area contributed by atoms with Crippen LogP contribution in [0.25, 0.3) is 0 Å². The zero-order chi connectivity index (χ0) is 14.0. The molecule has 1 N–H and O–H groups in total. The summed E-state index contributed by atoms with van der Waals surface area (Å²) in [4.78, 5) is 12.3. The Kier molecular flexibility index (Phi) is 2.74. The number of allylic oxidation sites excluding steroid dienone is 2. The summed E-state index contributed by atoms with van der Waals surface area (Å²) in [5, 5.41) is 3.86. The van der Waals surface area contributed by atoms with E-state index in [2.05, 4.69) is 25.2 Å². The average Bonchev–Trinajstić information content (AvgIpc) is 2.74. The maximum Gasteiger partial charge on any atom is 0.161 e. The van der Waals surface area contributed by atoms with Crippen LogP contribution >= 0.6 is 0 Å². The molecular weight excluding hydrogens is 246 g/mol. The first kappa shape index (κ1) is 13.1. The van der Waals surface area contributed by atoms with E-state index in [-0.39, 0.29) is 5.41 Å². The molecule has 6 atom stereocenters. The van der Waals surface area contributed by atoms with Crippen LogP contribution in [0.1, 0.15) is 52.4 Å². The molecule has 1 unspecified atom stereocenters. The summed E-state index contributed by atoms with van der Waals surface area (Å²) in [7, 11) is 0. The van der Waals surface area contributed by atoms with Crippen molar-refractivity contribution in [3.63, 3.8) is 0 Å². The Bertz CT molecular complexity index is 470. The van der Waals surface area contributed by atoms with Gasteiger partial charge in [0.1, 0.15) is 0 Å². The predicted molar refractivity (Wildman–Crippen MR) is 80.3 cm³/mol. The van der Waals surface area contributed by atoms with Crippen LogP contribution in [0.15, 0.2) is 12.2 Å². The van der Waals surface area contributed by atoms with E-state index in [1.807, 2.05) is 6.08 Å². The fourth-order valence-corrected chi connectivity index (χ4v) is 6.09. The third kappa shape index (κ3) is 1.52. The van der Waals surface area contributed by atoms with E-state index in [0.717, 1.165) is 24.9 Å². The van der Waals surface area contributed by atoms with Gasteiger partial charge in [0, 0.05) is 11.5 Å². The minimum atomic E-state index is -0.0826. The second kappa shape index (κ2) is 4.19. The van der Waals surface area contributed by atoms with E-state index in [9.17, 15) is 4.79 Å². The van der Waals surface area contributed by atoms with Gasteiger partial charge in [-0.05, 0) is 61.5 Å². The lowest BCUT2D eigenvalue weighted by molar-refractivity contribution is -0.133. The van der Waals surface area contributed by atoms with Crippen LogP contribution in [-0.4, -0.2) is 18.4 Å². The van der Waals surface area contributed by atoms with Crippen LogP contribution in [0.5, 0.6) is 0 Å². The molecule has 2 nitrogen and oxygen atoms in total. The van der Waals surface area contributed by atoms with Crippen LogP contribution < -0.4 is 5.32 Å². The van der Waals surface area contributed by atoms with Crippen LogP contribution in [0, 0.1) is 28.6 Å². The SMILES string of the molecule is C[C@]12CCCCC1NC[C@@H]1[C@@H]2CC[C@]2(C)C(=O)C=C[C@@H]12. The van der Waals surface area contributed by atoms with E-state index >= 15 is 0 Å². The number of nitrogens with one attached hydrogen (secondary N) is 1. The molecule has 0 aromatic heterocycles. The molecule has 0 bridgehead atoms. The number of carbonyl (C=O) groups excluding carboxylic acids is 1. The Morgan fingerprint density at radius 1 is 1.20 bits per heavy atom. The molecule has 2 heteroatoms. The number of ketones is 1. The fourth-order valence-electron chi connectivity index (χ4n) is 6.09. The van der Waals surface area contributed by atoms with E-state index in [4.69, 9.17) is 0 Å². The van der Waals surface area contributed by atoms with Crippen molar-refractivity contribution >= 4 is 5.78 Å². The van der Waals surface area contributed by atoms with Crippen LogP contribution in [-0.2, 0) is 4.79 Å². The molecule has 20 heavy (non-hydrogen) atoms. The van der Waals surface area contributed by atoms with Crippen molar-refractivity contribution in [2.75, 3.05) is 6.54 Å². The van der Waals surface area contributed by atoms with E-state index in [0.29, 0.717) is 23.0 Å². The molecule has 0 aromatic carbocycles. The summed E-state index contributed by atoms with van der Waals surface area (Å²) in [6.07, 6.45) is 12.0. The Morgan fingerprint density at radius 2 is 2.05 bits per heavy atom. The van der Waals surface area contributed by atoms with Crippen LogP contribution in [0.4, 0.5) is 0 Å². The van der Waals surface area contributed by atoms with Crippen molar-refractivity contribution in [1.82, 2.24) is 5.32 Å². The van der Waals surface area contributed by atoms with Gasteiger partial charge in [0.2, 0.25) is 0 Å². The number of piperidine rings is 1. The first-order valence-corrected chi connectivity index (χ1v) is 8.52. The van der Waals surface area contributed by atoms with Crippen molar-refractivity contribution in [2.24, 2.45) is 28.6 Å². The molecule has 4 aliphatic rings. The predicted octanol–water partition coefficient (Wildman–Crippen LogP) is 3.33. The topological polar surface area (TPSA) is 29.1 Å². The van der Waals surface area contributed by atoms with Gasteiger partial charge in [0.15, 0.2) is 5.78 Å². The Labute approximate surface area is 122 Å². The zero-order valence-corrected chi connectivity index (χ0v) is 12.8. The molecule has 0 aromatic rings. The van der Waals surface area contributed by atoms with Crippen molar-refractivity contribution < 1.29 is 4.79 Å². The molecule has 0 radical (unpaired) electrons. The van der Waals surface area contributed by atoms with Gasteiger partial charge in [-0.15, -0.1) is 0 Å². The third-order valence-corrected chi connectivity index (χ3v) is 7.41. The highest BCUT2D eigenvalue weighted by Gasteiger charge is 2.58. The minimum Gasteiger partial charge on any atom is -0.313 e. The van der Waals surface area contributed by atoms with Gasteiger partial charge < -0.3 is 5.32 Å². The third-order valence-electron chi connectivity index (χ3n) is 7.41. The largest absolute Gasteiger partial charge is 0.313 e. The normalized spacial score (nSPS) is 54.2. The lowest BCUT2D eigenvalue weighted by Crippen LogP contribution is -2.62. The maximum absolute atomic E-state index is 12.3. The highest BCUT2D eigenvalue weighted by molar-refractivity contribution is 5.97. The zero-order valence-electron chi connectivity index (χ0n) is 12.8. The van der Waals surface area contributed by atoms with Gasteiger partial charge in [0.25, 0.3) is 0 Å². The molecule has 1 saturated heterocycles. The lowest BCUT2D eigenvalue weighted by Gasteiger charge is -2.59. The summed E-state index contributed by atoms with van der Waals surface area (Å²) in [5.74, 6) is 2.37. The van der Waals surface area contributed by atoms with E-state index < -0.39 is 0 Å². The van der Waals surface area contributed by atoms with Crippen molar-refractivity contribution in [1.29, 1.82) is 0 Å². The molecular formula is C18H27NO. The molecule has 0 spiro atoms. The number of hydrogen-bond acceptors (Lipinski definition) is 2. The highest BCUT2D eigenvalue weighted by atomic mass is 16.1. The highest BCUT2D eigenvalue weighted by Crippen LogP contribution is 2.59. The lowest BCUT2D eigenvalue weighted by atomic mass is 9.49. The molecule has 110 valence electrons. The minimum absolute atomic E-state index is 0.0826. The Balaban J connectivity index is 1.68. The smallest absolute Gasteiger partial charge is 0.161 e.